The molecule has 7 heteroatoms. The summed E-state index contributed by atoms with van der Waals surface area (Å²) < 4.78 is 32.6. The predicted octanol–water partition coefficient (Wildman–Crippen LogP) is 2.42. The summed E-state index contributed by atoms with van der Waals surface area (Å²) in [5, 5.41) is 0. The van der Waals surface area contributed by atoms with Crippen LogP contribution in [0.3, 0.4) is 0 Å². The molecule has 1 saturated heterocycles. The molecule has 6 nitrogen and oxygen atoms in total. The summed E-state index contributed by atoms with van der Waals surface area (Å²) in [6.07, 6.45) is 5.70. The molecule has 27 heavy (non-hydrogen) atoms. The van der Waals surface area contributed by atoms with Crippen LogP contribution in [-0.2, 0) is 22.3 Å². The zero-order valence-electron chi connectivity index (χ0n) is 15.7. The van der Waals surface area contributed by atoms with Gasteiger partial charge in [0.05, 0.1) is 12.9 Å². The number of piperidine rings is 1. The molecule has 1 aromatic heterocycles. The van der Waals surface area contributed by atoms with Crippen molar-refractivity contribution in [3.05, 3.63) is 59.9 Å². The van der Waals surface area contributed by atoms with Crippen LogP contribution in [0.25, 0.3) is 0 Å². The Hall–Kier alpha value is -1.96. The van der Waals surface area contributed by atoms with E-state index in [0.29, 0.717) is 12.5 Å². The van der Waals surface area contributed by atoms with Crippen LogP contribution in [0.5, 0.6) is 5.75 Å². The first-order valence-corrected chi connectivity index (χ1v) is 10.9. The Labute approximate surface area is 161 Å². The average molecular weight is 390 g/mol. The quantitative estimate of drug-likeness (QED) is 0.751. The van der Waals surface area contributed by atoms with Crippen molar-refractivity contribution >= 4 is 10.0 Å². The molecule has 0 atom stereocenters. The van der Waals surface area contributed by atoms with Gasteiger partial charge in [-0.1, -0.05) is 18.2 Å². The normalized spacial score (nSPS) is 16.3. The van der Waals surface area contributed by atoms with Gasteiger partial charge >= 0.3 is 0 Å². The number of hydrogen-bond acceptors (Lipinski definition) is 5. The maximum Gasteiger partial charge on any atom is 0.215 e. The van der Waals surface area contributed by atoms with Gasteiger partial charge in [0.1, 0.15) is 5.75 Å². The zero-order valence-corrected chi connectivity index (χ0v) is 16.5. The maximum atomic E-state index is 12.3. The molecule has 2 aromatic rings. The van der Waals surface area contributed by atoms with Gasteiger partial charge in [-0.25, -0.2) is 13.1 Å². The van der Waals surface area contributed by atoms with E-state index < -0.39 is 10.0 Å². The van der Waals surface area contributed by atoms with Gasteiger partial charge in [0.2, 0.25) is 10.0 Å². The molecule has 0 amide bonds. The number of sulfonamides is 1. The van der Waals surface area contributed by atoms with Crippen LogP contribution >= 0.6 is 0 Å². The molecule has 0 spiro atoms. The van der Waals surface area contributed by atoms with E-state index in [-0.39, 0.29) is 5.75 Å². The molecule has 3 rings (SSSR count). The highest BCUT2D eigenvalue weighted by Gasteiger charge is 2.21. The Balaban J connectivity index is 1.42. The van der Waals surface area contributed by atoms with Crippen molar-refractivity contribution < 1.29 is 13.2 Å². The van der Waals surface area contributed by atoms with Crippen LogP contribution in [0.15, 0.2) is 48.8 Å². The van der Waals surface area contributed by atoms with Gasteiger partial charge < -0.3 is 4.74 Å². The van der Waals surface area contributed by atoms with Crippen LogP contribution in [-0.4, -0.2) is 45.0 Å². The van der Waals surface area contributed by atoms with Gasteiger partial charge in [-0.3, -0.25) is 9.88 Å². The molecule has 1 N–H and O–H groups in total. The first-order valence-electron chi connectivity index (χ1n) is 9.25. The molecule has 0 saturated carbocycles. The SMILES string of the molecule is COc1ccc(CS(=O)(=O)NCC2CCN(Cc3cccnc3)CC2)cc1. The van der Waals surface area contributed by atoms with Crippen molar-refractivity contribution in [1.82, 2.24) is 14.6 Å². The Morgan fingerprint density at radius 1 is 1.15 bits per heavy atom. The molecular formula is C20H27N3O3S. The second kappa shape index (κ2) is 9.30. The molecule has 0 radical (unpaired) electrons. The highest BCUT2D eigenvalue weighted by atomic mass is 32.2. The van der Waals surface area contributed by atoms with Crippen molar-refractivity contribution in [2.75, 3.05) is 26.7 Å². The van der Waals surface area contributed by atoms with Crippen LogP contribution in [0.2, 0.25) is 0 Å². The smallest absolute Gasteiger partial charge is 0.215 e. The highest BCUT2D eigenvalue weighted by Crippen LogP contribution is 2.19. The van der Waals surface area contributed by atoms with E-state index in [2.05, 4.69) is 20.7 Å². The molecule has 1 aliphatic rings. The summed E-state index contributed by atoms with van der Waals surface area (Å²) in [4.78, 5) is 6.56. The molecule has 1 fully saturated rings. The maximum absolute atomic E-state index is 12.3. The first kappa shape index (κ1) is 19.8. The second-order valence-corrected chi connectivity index (χ2v) is 8.84. The molecule has 146 valence electrons. The fourth-order valence-electron chi connectivity index (χ4n) is 3.34. The summed E-state index contributed by atoms with van der Waals surface area (Å²) in [5.74, 6) is 1.11. The summed E-state index contributed by atoms with van der Waals surface area (Å²) in [6.45, 7) is 3.39. The third-order valence-corrected chi connectivity index (χ3v) is 6.26. The lowest BCUT2D eigenvalue weighted by atomic mass is 9.97. The average Bonchev–Trinajstić information content (AvgIpc) is 2.69. The third-order valence-electron chi connectivity index (χ3n) is 4.94. The number of benzene rings is 1. The molecule has 1 aromatic carbocycles. The minimum Gasteiger partial charge on any atom is -0.497 e. The van der Waals surface area contributed by atoms with E-state index in [1.807, 2.05) is 12.3 Å². The number of hydrogen-bond donors (Lipinski definition) is 1. The number of nitrogens with one attached hydrogen (secondary N) is 1. The number of ether oxygens (including phenoxy) is 1. The van der Waals surface area contributed by atoms with Gasteiger partial charge in [-0.15, -0.1) is 0 Å². The summed E-state index contributed by atoms with van der Waals surface area (Å²) in [5.41, 5.74) is 1.98. The Morgan fingerprint density at radius 3 is 2.52 bits per heavy atom. The Bertz CT molecular complexity index is 802. The topological polar surface area (TPSA) is 71.5 Å². The van der Waals surface area contributed by atoms with E-state index in [1.54, 1.807) is 37.6 Å². The first-order chi connectivity index (χ1) is 13.0. The predicted molar refractivity (Wildman–Crippen MR) is 106 cm³/mol. The number of rotatable bonds is 8. The van der Waals surface area contributed by atoms with Gasteiger partial charge in [0.15, 0.2) is 0 Å². The highest BCUT2D eigenvalue weighted by molar-refractivity contribution is 7.88. The molecule has 0 aliphatic carbocycles. The van der Waals surface area contributed by atoms with Gasteiger partial charge in [0.25, 0.3) is 0 Å². The molecular weight excluding hydrogens is 362 g/mol. The molecule has 0 bridgehead atoms. The van der Waals surface area contributed by atoms with E-state index in [1.165, 1.54) is 5.56 Å². The van der Waals surface area contributed by atoms with E-state index in [9.17, 15) is 8.42 Å². The zero-order chi connectivity index (χ0) is 19.1. The Morgan fingerprint density at radius 2 is 1.89 bits per heavy atom. The van der Waals surface area contributed by atoms with Gasteiger partial charge in [-0.05, 0) is 61.2 Å². The van der Waals surface area contributed by atoms with Crippen LogP contribution in [0, 0.1) is 5.92 Å². The standard InChI is InChI=1S/C20H27N3O3S/c1-26-20-6-4-18(5-7-20)16-27(24,25)22-14-17-8-11-23(12-9-17)15-19-3-2-10-21-13-19/h2-7,10,13,17,22H,8-9,11-12,14-16H2,1H3. The lowest BCUT2D eigenvalue weighted by Gasteiger charge is -2.31. The monoisotopic (exact) mass is 389 g/mol. The molecule has 2 heterocycles. The lowest BCUT2D eigenvalue weighted by molar-refractivity contribution is 0.178. The minimum atomic E-state index is -3.33. The van der Waals surface area contributed by atoms with Crippen molar-refractivity contribution in [1.29, 1.82) is 0 Å². The van der Waals surface area contributed by atoms with Gasteiger partial charge in [0, 0.05) is 25.5 Å². The van der Waals surface area contributed by atoms with Crippen LogP contribution in [0.4, 0.5) is 0 Å². The van der Waals surface area contributed by atoms with Crippen molar-refractivity contribution in [3.63, 3.8) is 0 Å². The van der Waals surface area contributed by atoms with Crippen LogP contribution < -0.4 is 9.46 Å². The van der Waals surface area contributed by atoms with Gasteiger partial charge in [-0.2, -0.15) is 0 Å². The number of aromatic nitrogens is 1. The number of methoxy groups -OCH3 is 1. The number of nitrogens with zero attached hydrogens (tertiary/aromatic N) is 2. The van der Waals surface area contributed by atoms with E-state index in [0.717, 1.165) is 43.8 Å². The largest absolute Gasteiger partial charge is 0.497 e. The fourth-order valence-corrected chi connectivity index (χ4v) is 4.56. The fraction of sp³-hybridized carbons (Fsp3) is 0.450. The third kappa shape index (κ3) is 6.30. The number of pyridine rings is 1. The lowest BCUT2D eigenvalue weighted by Crippen LogP contribution is -2.38. The summed E-state index contributed by atoms with van der Waals surface area (Å²) >= 11 is 0. The molecule has 1 aliphatic heterocycles. The number of likely N-dealkylation sites (tertiary alicyclic amines) is 1. The van der Waals surface area contributed by atoms with E-state index in [4.69, 9.17) is 4.74 Å². The van der Waals surface area contributed by atoms with Crippen molar-refractivity contribution in [2.24, 2.45) is 5.92 Å². The van der Waals surface area contributed by atoms with Crippen LogP contribution in [0.1, 0.15) is 24.0 Å². The summed E-state index contributed by atoms with van der Waals surface area (Å²) in [6, 6.07) is 11.2. The Kier molecular flexibility index (Phi) is 6.82. The molecule has 0 unspecified atom stereocenters. The van der Waals surface area contributed by atoms with Crippen molar-refractivity contribution in [3.8, 4) is 5.75 Å². The minimum absolute atomic E-state index is 0.00313. The summed E-state index contributed by atoms with van der Waals surface area (Å²) in [7, 11) is -1.74. The second-order valence-electron chi connectivity index (χ2n) is 7.04. The van der Waals surface area contributed by atoms with Crippen molar-refractivity contribution in [2.45, 2.75) is 25.1 Å². The van der Waals surface area contributed by atoms with E-state index >= 15 is 0 Å².